The molecule has 3 heterocycles. The number of nitrogens with one attached hydrogen (secondary N) is 1. The highest BCUT2D eigenvalue weighted by Gasteiger charge is 2.30. The molecular formula is C26H23F3N6O. The lowest BCUT2D eigenvalue weighted by Gasteiger charge is -2.11. The fraction of sp³-hybridized carbons (Fsp3) is 0.231. The van der Waals surface area contributed by atoms with Crippen molar-refractivity contribution in [2.24, 2.45) is 0 Å². The van der Waals surface area contributed by atoms with Crippen LogP contribution in [0.25, 0.3) is 22.6 Å². The zero-order valence-corrected chi connectivity index (χ0v) is 19.5. The normalized spacial score (nSPS) is 11.9. The molecule has 5 rings (SSSR count). The summed E-state index contributed by atoms with van der Waals surface area (Å²) in [7, 11) is 0. The van der Waals surface area contributed by atoms with Crippen molar-refractivity contribution in [1.29, 1.82) is 0 Å². The van der Waals surface area contributed by atoms with E-state index in [9.17, 15) is 18.0 Å². The van der Waals surface area contributed by atoms with E-state index >= 15 is 0 Å². The van der Waals surface area contributed by atoms with Gasteiger partial charge in [0.15, 0.2) is 11.2 Å². The summed E-state index contributed by atoms with van der Waals surface area (Å²) < 4.78 is 42.3. The third kappa shape index (κ3) is 4.79. The molecule has 36 heavy (non-hydrogen) atoms. The summed E-state index contributed by atoms with van der Waals surface area (Å²) in [5.41, 5.74) is 1.85. The van der Waals surface area contributed by atoms with Crippen molar-refractivity contribution in [3.63, 3.8) is 0 Å². The van der Waals surface area contributed by atoms with Gasteiger partial charge in [-0.05, 0) is 29.7 Å². The second-order valence-electron chi connectivity index (χ2n) is 8.56. The number of halogens is 3. The van der Waals surface area contributed by atoms with Crippen LogP contribution < -0.4 is 5.56 Å². The first-order chi connectivity index (χ1) is 17.3. The van der Waals surface area contributed by atoms with Crippen molar-refractivity contribution in [2.45, 2.75) is 39.0 Å². The molecule has 0 aliphatic rings. The zero-order chi connectivity index (χ0) is 25.3. The van der Waals surface area contributed by atoms with Crippen LogP contribution >= 0.6 is 0 Å². The van der Waals surface area contributed by atoms with Crippen LogP contribution in [0.4, 0.5) is 13.2 Å². The van der Waals surface area contributed by atoms with Crippen LogP contribution in [-0.2, 0) is 25.7 Å². The van der Waals surface area contributed by atoms with Crippen LogP contribution in [0.1, 0.15) is 35.9 Å². The van der Waals surface area contributed by atoms with Crippen molar-refractivity contribution < 1.29 is 13.2 Å². The predicted molar refractivity (Wildman–Crippen MR) is 129 cm³/mol. The summed E-state index contributed by atoms with van der Waals surface area (Å²) in [5, 5.41) is 4.26. The molecule has 0 saturated carbocycles. The van der Waals surface area contributed by atoms with E-state index in [0.29, 0.717) is 46.9 Å². The maximum Gasteiger partial charge on any atom is 0.416 e. The van der Waals surface area contributed by atoms with E-state index in [1.54, 1.807) is 23.0 Å². The number of fused-ring (bicyclic) bond motifs is 1. The number of H-pyrrole nitrogens is 1. The second-order valence-corrected chi connectivity index (χ2v) is 8.56. The van der Waals surface area contributed by atoms with Crippen LogP contribution in [-0.4, -0.2) is 29.3 Å². The number of aromatic amines is 1. The number of imidazole rings is 1. The molecule has 184 valence electrons. The van der Waals surface area contributed by atoms with Gasteiger partial charge in [0.1, 0.15) is 11.6 Å². The summed E-state index contributed by atoms with van der Waals surface area (Å²) in [6.45, 7) is 2.69. The molecular weight excluding hydrogens is 469 g/mol. The highest BCUT2D eigenvalue weighted by Crippen LogP contribution is 2.29. The van der Waals surface area contributed by atoms with E-state index in [-0.39, 0.29) is 12.1 Å². The minimum atomic E-state index is -4.41. The minimum Gasteiger partial charge on any atom is -0.332 e. The van der Waals surface area contributed by atoms with Gasteiger partial charge < -0.3 is 4.98 Å². The smallest absolute Gasteiger partial charge is 0.332 e. The number of hydrogen-bond acceptors (Lipinski definition) is 4. The Bertz CT molecular complexity index is 1570. The minimum absolute atomic E-state index is 0.160. The van der Waals surface area contributed by atoms with Gasteiger partial charge in [-0.15, -0.1) is 0 Å². The Morgan fingerprint density at radius 3 is 2.53 bits per heavy atom. The number of alkyl halides is 3. The topological polar surface area (TPSA) is 81.4 Å². The summed E-state index contributed by atoms with van der Waals surface area (Å²) >= 11 is 0. The molecule has 0 aliphatic heterocycles. The lowest BCUT2D eigenvalue weighted by molar-refractivity contribution is -0.137. The van der Waals surface area contributed by atoms with E-state index < -0.39 is 11.7 Å². The van der Waals surface area contributed by atoms with Crippen LogP contribution in [0, 0.1) is 0 Å². The number of nitrogens with zero attached hydrogens (tertiary/aromatic N) is 5. The quantitative estimate of drug-likeness (QED) is 0.345. The monoisotopic (exact) mass is 492 g/mol. The van der Waals surface area contributed by atoms with Crippen LogP contribution in [0.2, 0.25) is 0 Å². The highest BCUT2D eigenvalue weighted by molar-refractivity contribution is 5.74. The fourth-order valence-electron chi connectivity index (χ4n) is 4.14. The molecule has 0 saturated heterocycles. The lowest BCUT2D eigenvalue weighted by Crippen LogP contribution is -2.25. The van der Waals surface area contributed by atoms with Crippen molar-refractivity contribution in [1.82, 2.24) is 29.3 Å². The highest BCUT2D eigenvalue weighted by atomic mass is 19.4. The SMILES string of the molecule is CCCn1c(Cc2ccccc2)nc2nc(-c3cnn(Cc4cccc(C(F)(F)F)c4)c3)[nH]c2c1=O. The molecule has 3 aromatic heterocycles. The fourth-order valence-corrected chi connectivity index (χ4v) is 4.14. The lowest BCUT2D eigenvalue weighted by atomic mass is 10.1. The van der Waals surface area contributed by atoms with E-state index in [1.807, 2.05) is 37.3 Å². The summed E-state index contributed by atoms with van der Waals surface area (Å²) in [5.74, 6) is 1.06. The third-order valence-corrected chi connectivity index (χ3v) is 5.85. The number of hydrogen-bond donors (Lipinski definition) is 1. The van der Waals surface area contributed by atoms with Crippen LogP contribution in [0.15, 0.2) is 71.8 Å². The molecule has 0 fully saturated rings. The van der Waals surface area contributed by atoms with Gasteiger partial charge in [0.05, 0.1) is 23.9 Å². The van der Waals surface area contributed by atoms with Gasteiger partial charge in [-0.3, -0.25) is 14.0 Å². The van der Waals surface area contributed by atoms with Gasteiger partial charge >= 0.3 is 6.18 Å². The summed E-state index contributed by atoms with van der Waals surface area (Å²) in [4.78, 5) is 25.6. The van der Waals surface area contributed by atoms with Gasteiger partial charge in [0.25, 0.3) is 5.56 Å². The molecule has 0 atom stereocenters. The maximum atomic E-state index is 13.3. The Balaban J connectivity index is 1.46. The van der Waals surface area contributed by atoms with Crippen LogP contribution in [0.3, 0.4) is 0 Å². The first kappa shape index (κ1) is 23.5. The Morgan fingerprint density at radius 1 is 1.00 bits per heavy atom. The average molecular weight is 493 g/mol. The van der Waals surface area contributed by atoms with E-state index in [1.165, 1.54) is 10.7 Å². The molecule has 0 radical (unpaired) electrons. The van der Waals surface area contributed by atoms with E-state index in [4.69, 9.17) is 4.98 Å². The Morgan fingerprint density at radius 2 is 1.78 bits per heavy atom. The Hall–Kier alpha value is -4.21. The molecule has 0 unspecified atom stereocenters. The zero-order valence-electron chi connectivity index (χ0n) is 19.5. The first-order valence-corrected chi connectivity index (χ1v) is 11.5. The van der Waals surface area contributed by atoms with Gasteiger partial charge in [-0.2, -0.15) is 18.3 Å². The molecule has 7 nitrogen and oxygen atoms in total. The summed E-state index contributed by atoms with van der Waals surface area (Å²) in [6, 6.07) is 14.9. The number of benzene rings is 2. The molecule has 5 aromatic rings. The molecule has 1 N–H and O–H groups in total. The molecule has 2 aromatic carbocycles. The van der Waals surface area contributed by atoms with Crippen molar-refractivity contribution in [2.75, 3.05) is 0 Å². The third-order valence-electron chi connectivity index (χ3n) is 5.85. The van der Waals surface area contributed by atoms with Crippen molar-refractivity contribution in [3.8, 4) is 11.4 Å². The van der Waals surface area contributed by atoms with Gasteiger partial charge in [0, 0.05) is 19.2 Å². The molecule has 0 bridgehead atoms. The number of rotatable bonds is 7. The van der Waals surface area contributed by atoms with Gasteiger partial charge in [-0.25, -0.2) is 9.97 Å². The predicted octanol–water partition coefficient (Wildman–Crippen LogP) is 5.05. The second kappa shape index (κ2) is 9.44. The molecule has 0 spiro atoms. The largest absolute Gasteiger partial charge is 0.416 e. The molecule has 10 heteroatoms. The van der Waals surface area contributed by atoms with Crippen molar-refractivity contribution >= 4 is 11.2 Å². The summed E-state index contributed by atoms with van der Waals surface area (Å²) in [6.07, 6.45) is 0.103. The van der Waals surface area contributed by atoms with E-state index in [2.05, 4.69) is 15.1 Å². The average Bonchev–Trinajstić information content (AvgIpc) is 3.49. The standard InChI is InChI=1S/C26H23F3N6O/c1-2-11-35-21(13-17-7-4-3-5-8-17)31-24-22(25(35)36)32-23(33-24)19-14-30-34(16-19)15-18-9-6-10-20(12-18)26(27,28)29/h3-10,12,14,16H,2,11,13,15H2,1H3,(H,32,33). The van der Waals surface area contributed by atoms with E-state index in [0.717, 1.165) is 24.1 Å². The molecule has 0 aliphatic carbocycles. The Kier molecular flexibility index (Phi) is 6.17. The van der Waals surface area contributed by atoms with Crippen molar-refractivity contribution in [3.05, 3.63) is 99.9 Å². The van der Waals surface area contributed by atoms with Crippen LogP contribution in [0.5, 0.6) is 0 Å². The maximum absolute atomic E-state index is 13.3. The van der Waals surface area contributed by atoms with Gasteiger partial charge in [0.2, 0.25) is 0 Å². The number of aromatic nitrogens is 6. The van der Waals surface area contributed by atoms with Gasteiger partial charge in [-0.1, -0.05) is 49.4 Å². The molecule has 0 amide bonds. The first-order valence-electron chi connectivity index (χ1n) is 11.5. The Labute approximate surface area is 204 Å².